The first-order chi connectivity index (χ1) is 12.9. The Hall–Kier alpha value is -1.94. The van der Waals surface area contributed by atoms with Crippen molar-refractivity contribution in [1.82, 2.24) is 9.55 Å². The molecule has 0 saturated carbocycles. The maximum atomic E-state index is 12.9. The molecule has 27 heavy (non-hydrogen) atoms. The number of aromatic nitrogens is 2. The standard InChI is InChI=1S/C18H19N3O3S3/c1-2-9-21-17(22)14-12-15(13-7-4-3-5-8-13)26-16(14)20-18(21)25-10-6-11-27(19,23)24/h2-5,7-8,12H,1,6,9-11H2,(H2,19,23,24). The van der Waals surface area contributed by atoms with Crippen LogP contribution in [0.25, 0.3) is 20.7 Å². The zero-order valence-corrected chi connectivity index (χ0v) is 16.9. The van der Waals surface area contributed by atoms with E-state index in [1.54, 1.807) is 10.6 Å². The number of thioether (sulfide) groups is 1. The Morgan fingerprint density at radius 2 is 2.04 bits per heavy atom. The first kappa shape index (κ1) is 19.8. The molecule has 0 amide bonds. The van der Waals surface area contributed by atoms with E-state index in [2.05, 4.69) is 11.6 Å². The maximum Gasteiger partial charge on any atom is 0.263 e. The number of hydrogen-bond donors (Lipinski definition) is 1. The maximum absolute atomic E-state index is 12.9. The van der Waals surface area contributed by atoms with Gasteiger partial charge in [-0.2, -0.15) is 0 Å². The number of benzene rings is 1. The van der Waals surface area contributed by atoms with E-state index in [-0.39, 0.29) is 11.3 Å². The Labute approximate surface area is 165 Å². The van der Waals surface area contributed by atoms with Crippen molar-refractivity contribution in [3.8, 4) is 10.4 Å². The highest BCUT2D eigenvalue weighted by Crippen LogP contribution is 2.32. The summed E-state index contributed by atoms with van der Waals surface area (Å²) in [5.74, 6) is 0.410. The molecule has 3 aromatic rings. The zero-order chi connectivity index (χ0) is 19.4. The summed E-state index contributed by atoms with van der Waals surface area (Å²) in [6.45, 7) is 4.05. The van der Waals surface area contributed by atoms with Gasteiger partial charge in [-0.05, 0) is 18.1 Å². The summed E-state index contributed by atoms with van der Waals surface area (Å²) in [6, 6.07) is 11.7. The molecule has 0 spiro atoms. The fraction of sp³-hybridized carbons (Fsp3) is 0.222. The van der Waals surface area contributed by atoms with Crippen LogP contribution in [0.1, 0.15) is 6.42 Å². The molecule has 2 N–H and O–H groups in total. The minimum Gasteiger partial charge on any atom is -0.283 e. The molecule has 0 atom stereocenters. The van der Waals surface area contributed by atoms with Crippen LogP contribution in [0, 0.1) is 0 Å². The molecule has 0 aliphatic carbocycles. The topological polar surface area (TPSA) is 95.1 Å². The third-order valence-corrected chi connectivity index (χ3v) is 6.79. The van der Waals surface area contributed by atoms with E-state index < -0.39 is 10.0 Å². The first-order valence-corrected chi connectivity index (χ1v) is 11.7. The highest BCUT2D eigenvalue weighted by Gasteiger charge is 2.15. The normalized spacial score (nSPS) is 11.7. The fourth-order valence-electron chi connectivity index (χ4n) is 2.57. The zero-order valence-electron chi connectivity index (χ0n) is 14.5. The van der Waals surface area contributed by atoms with Crippen LogP contribution in [0.4, 0.5) is 0 Å². The van der Waals surface area contributed by atoms with Gasteiger partial charge in [-0.25, -0.2) is 18.5 Å². The van der Waals surface area contributed by atoms with E-state index in [1.165, 1.54) is 23.1 Å². The average Bonchev–Trinajstić information content (AvgIpc) is 3.06. The van der Waals surface area contributed by atoms with Crippen molar-refractivity contribution < 1.29 is 8.42 Å². The van der Waals surface area contributed by atoms with Gasteiger partial charge in [0.25, 0.3) is 5.56 Å². The molecule has 9 heteroatoms. The molecule has 3 rings (SSSR count). The molecule has 0 bridgehead atoms. The monoisotopic (exact) mass is 421 g/mol. The predicted octanol–water partition coefficient (Wildman–Crippen LogP) is 3.08. The third kappa shape index (κ3) is 4.86. The van der Waals surface area contributed by atoms with Crippen LogP contribution in [0.5, 0.6) is 0 Å². The number of sulfonamides is 1. The number of thiophene rings is 1. The molecule has 0 aliphatic rings. The average molecular weight is 422 g/mol. The molecule has 0 radical (unpaired) electrons. The van der Waals surface area contributed by atoms with Crippen LogP contribution in [-0.2, 0) is 16.6 Å². The Morgan fingerprint density at radius 1 is 1.30 bits per heavy atom. The summed E-state index contributed by atoms with van der Waals surface area (Å²) < 4.78 is 23.7. The van der Waals surface area contributed by atoms with Crippen LogP contribution in [-0.4, -0.2) is 29.5 Å². The summed E-state index contributed by atoms with van der Waals surface area (Å²) in [6.07, 6.45) is 2.04. The molecule has 6 nitrogen and oxygen atoms in total. The summed E-state index contributed by atoms with van der Waals surface area (Å²) >= 11 is 2.82. The van der Waals surface area contributed by atoms with Crippen LogP contribution < -0.4 is 10.7 Å². The number of hydrogen-bond acceptors (Lipinski definition) is 6. The lowest BCUT2D eigenvalue weighted by Gasteiger charge is -2.09. The van der Waals surface area contributed by atoms with E-state index in [0.29, 0.717) is 34.1 Å². The summed E-state index contributed by atoms with van der Waals surface area (Å²) in [7, 11) is -3.49. The van der Waals surface area contributed by atoms with Crippen LogP contribution in [0.2, 0.25) is 0 Å². The molecule has 0 saturated heterocycles. The van der Waals surface area contributed by atoms with Gasteiger partial charge >= 0.3 is 0 Å². The van der Waals surface area contributed by atoms with Crippen molar-refractivity contribution in [2.75, 3.05) is 11.5 Å². The van der Waals surface area contributed by atoms with Gasteiger partial charge in [-0.1, -0.05) is 48.2 Å². The second-order valence-corrected chi connectivity index (χ2v) is 9.69. The second-order valence-electron chi connectivity index (χ2n) is 5.86. The van der Waals surface area contributed by atoms with E-state index in [9.17, 15) is 13.2 Å². The SMILES string of the molecule is C=CCn1c(SCCCS(N)(=O)=O)nc2sc(-c3ccccc3)cc2c1=O. The van der Waals surface area contributed by atoms with Gasteiger partial charge in [0, 0.05) is 17.2 Å². The molecule has 1 aromatic carbocycles. The Kier molecular flexibility index (Phi) is 6.15. The Bertz CT molecular complexity index is 1120. The molecular weight excluding hydrogens is 402 g/mol. The number of primary sulfonamides is 1. The molecular formula is C18H19N3O3S3. The number of fused-ring (bicyclic) bond motifs is 1. The quantitative estimate of drug-likeness (QED) is 0.261. The smallest absolute Gasteiger partial charge is 0.263 e. The Balaban J connectivity index is 1.96. The first-order valence-electron chi connectivity index (χ1n) is 8.23. The Morgan fingerprint density at radius 3 is 2.70 bits per heavy atom. The van der Waals surface area contributed by atoms with E-state index in [4.69, 9.17) is 5.14 Å². The van der Waals surface area contributed by atoms with Gasteiger partial charge in [-0.15, -0.1) is 17.9 Å². The van der Waals surface area contributed by atoms with Gasteiger partial charge in [0.05, 0.1) is 11.1 Å². The van der Waals surface area contributed by atoms with Gasteiger partial charge < -0.3 is 0 Å². The van der Waals surface area contributed by atoms with E-state index in [0.717, 1.165) is 10.4 Å². The summed E-state index contributed by atoms with van der Waals surface area (Å²) in [5.41, 5.74) is 0.921. The second kappa shape index (κ2) is 8.39. The summed E-state index contributed by atoms with van der Waals surface area (Å²) in [4.78, 5) is 19.2. The number of nitrogens with two attached hydrogens (primary N) is 1. The van der Waals surface area contributed by atoms with Crippen LogP contribution in [0.3, 0.4) is 0 Å². The molecule has 0 fully saturated rings. The minimum atomic E-state index is -3.49. The van der Waals surface area contributed by atoms with Gasteiger partial charge in [0.15, 0.2) is 5.16 Å². The largest absolute Gasteiger partial charge is 0.283 e. The van der Waals surface area contributed by atoms with Crippen molar-refractivity contribution in [3.05, 3.63) is 59.4 Å². The lowest BCUT2D eigenvalue weighted by Crippen LogP contribution is -2.22. The summed E-state index contributed by atoms with van der Waals surface area (Å²) in [5, 5.41) is 6.17. The predicted molar refractivity (Wildman–Crippen MR) is 113 cm³/mol. The molecule has 0 unspecified atom stereocenters. The molecule has 142 valence electrons. The van der Waals surface area contributed by atoms with Crippen molar-refractivity contribution in [2.45, 2.75) is 18.1 Å². The minimum absolute atomic E-state index is 0.0922. The highest BCUT2D eigenvalue weighted by molar-refractivity contribution is 7.99. The lowest BCUT2D eigenvalue weighted by molar-refractivity contribution is 0.596. The highest BCUT2D eigenvalue weighted by atomic mass is 32.2. The van der Waals surface area contributed by atoms with Crippen molar-refractivity contribution in [3.63, 3.8) is 0 Å². The number of nitrogens with zero attached hydrogens (tertiary/aromatic N) is 2. The molecule has 2 heterocycles. The fourth-order valence-corrected chi connectivity index (χ4v) is 5.32. The van der Waals surface area contributed by atoms with Gasteiger partial charge in [0.1, 0.15) is 4.83 Å². The number of allylic oxidation sites excluding steroid dienone is 1. The van der Waals surface area contributed by atoms with Gasteiger partial charge in [0.2, 0.25) is 10.0 Å². The molecule has 0 aliphatic heterocycles. The van der Waals surface area contributed by atoms with E-state index >= 15 is 0 Å². The van der Waals surface area contributed by atoms with Crippen molar-refractivity contribution in [1.29, 1.82) is 0 Å². The van der Waals surface area contributed by atoms with Crippen LogP contribution >= 0.6 is 23.1 Å². The van der Waals surface area contributed by atoms with Crippen LogP contribution in [0.15, 0.2) is 59.0 Å². The van der Waals surface area contributed by atoms with E-state index in [1.807, 2.05) is 36.4 Å². The van der Waals surface area contributed by atoms with Gasteiger partial charge in [-0.3, -0.25) is 9.36 Å². The van der Waals surface area contributed by atoms with Crippen molar-refractivity contribution in [2.24, 2.45) is 5.14 Å². The van der Waals surface area contributed by atoms with Crippen molar-refractivity contribution >= 4 is 43.3 Å². The molecule has 2 aromatic heterocycles. The third-order valence-electron chi connectivity index (χ3n) is 3.79. The lowest BCUT2D eigenvalue weighted by atomic mass is 10.2. The number of rotatable bonds is 8.